The number of Topliss-reactive ketones (excluding diaryl/α,β-unsaturated/α-hetero) is 1. The maximum Gasteiger partial charge on any atom is 0.355 e. The molecule has 0 radical (unpaired) electrons. The fraction of sp³-hybridized carbons (Fsp3) is 0.211. The molecule has 0 unspecified atom stereocenters. The molecule has 1 aromatic carbocycles. The second kappa shape index (κ2) is 7.53. The maximum absolute atomic E-state index is 12.5. The Morgan fingerprint density at radius 1 is 1.19 bits per heavy atom. The van der Waals surface area contributed by atoms with Crippen molar-refractivity contribution in [1.29, 1.82) is 0 Å². The number of ether oxygens (including phenoxy) is 1. The van der Waals surface area contributed by atoms with Crippen LogP contribution in [0.3, 0.4) is 0 Å². The van der Waals surface area contributed by atoms with E-state index in [-0.39, 0.29) is 11.7 Å². The van der Waals surface area contributed by atoms with Crippen LogP contribution >= 0.6 is 11.3 Å². The first-order valence-electron chi connectivity index (χ1n) is 8.10. The third-order valence-electron chi connectivity index (χ3n) is 3.82. The van der Waals surface area contributed by atoms with Crippen molar-refractivity contribution in [2.45, 2.75) is 26.5 Å². The van der Waals surface area contributed by atoms with E-state index in [0.717, 1.165) is 15.8 Å². The summed E-state index contributed by atoms with van der Waals surface area (Å²) in [7, 11) is 0. The van der Waals surface area contributed by atoms with Gasteiger partial charge in [-0.05, 0) is 31.2 Å². The van der Waals surface area contributed by atoms with Gasteiger partial charge in [-0.25, -0.2) is 4.79 Å². The summed E-state index contributed by atoms with van der Waals surface area (Å²) in [5.41, 5.74) is 1.14. The number of esters is 1. The van der Waals surface area contributed by atoms with E-state index in [9.17, 15) is 14.4 Å². The van der Waals surface area contributed by atoms with Gasteiger partial charge in [0.05, 0.1) is 11.4 Å². The molecule has 0 fully saturated rings. The van der Waals surface area contributed by atoms with Crippen LogP contribution in [0.15, 0.2) is 42.5 Å². The third-order valence-corrected chi connectivity index (χ3v) is 4.92. The van der Waals surface area contributed by atoms with Crippen molar-refractivity contribution >= 4 is 39.9 Å². The van der Waals surface area contributed by atoms with Crippen molar-refractivity contribution in [3.63, 3.8) is 0 Å². The molecule has 1 atom stereocenters. The Hall–Kier alpha value is -2.93. The zero-order chi connectivity index (χ0) is 18.7. The smallest absolute Gasteiger partial charge is 0.355 e. The normalized spacial score (nSPS) is 11.9. The number of amides is 1. The minimum atomic E-state index is -0.902. The fourth-order valence-electron chi connectivity index (χ4n) is 2.48. The summed E-state index contributed by atoms with van der Waals surface area (Å²) in [4.78, 5) is 40.1. The quantitative estimate of drug-likeness (QED) is 0.515. The number of aromatic nitrogens is 1. The van der Waals surface area contributed by atoms with Crippen molar-refractivity contribution in [2.24, 2.45) is 0 Å². The van der Waals surface area contributed by atoms with Gasteiger partial charge in [-0.1, -0.05) is 18.2 Å². The first-order chi connectivity index (χ1) is 12.4. The summed E-state index contributed by atoms with van der Waals surface area (Å²) in [6.45, 7) is 3.36. The Labute approximate surface area is 154 Å². The van der Waals surface area contributed by atoms with Crippen molar-refractivity contribution in [1.82, 2.24) is 10.3 Å². The maximum atomic E-state index is 12.5. The van der Waals surface area contributed by atoms with Crippen LogP contribution in [0.5, 0.6) is 0 Å². The van der Waals surface area contributed by atoms with Gasteiger partial charge in [-0.3, -0.25) is 9.59 Å². The summed E-state index contributed by atoms with van der Waals surface area (Å²) < 4.78 is 5.31. The van der Waals surface area contributed by atoms with Crippen LogP contribution in [0.2, 0.25) is 0 Å². The number of carbonyl (C=O) groups excluding carboxylic acids is 3. The molecule has 3 rings (SSSR count). The molecule has 134 valence electrons. The number of nitrogens with one attached hydrogen (secondary N) is 2. The van der Waals surface area contributed by atoms with Crippen LogP contribution in [0.4, 0.5) is 0 Å². The standard InChI is InChI=1S/C19H18N2O4S/c1-11(18(23)17-8-7-14(26-17)10-20-12(2)22)25-19(24)16-9-13-5-3-4-6-15(13)21-16/h3-9,11,21H,10H2,1-2H3,(H,20,22)/t11-/m0/s1. The van der Waals surface area contributed by atoms with Gasteiger partial charge in [-0.15, -0.1) is 11.3 Å². The highest BCUT2D eigenvalue weighted by Gasteiger charge is 2.22. The predicted molar refractivity (Wildman–Crippen MR) is 99.3 cm³/mol. The Morgan fingerprint density at radius 2 is 1.96 bits per heavy atom. The second-order valence-corrected chi connectivity index (χ2v) is 7.03. The minimum absolute atomic E-state index is 0.132. The number of ketones is 1. The number of aromatic amines is 1. The first-order valence-corrected chi connectivity index (χ1v) is 8.92. The molecular formula is C19H18N2O4S. The van der Waals surface area contributed by atoms with E-state index in [1.807, 2.05) is 24.3 Å². The predicted octanol–water partition coefficient (Wildman–Crippen LogP) is 3.29. The number of hydrogen-bond acceptors (Lipinski definition) is 5. The summed E-state index contributed by atoms with van der Waals surface area (Å²) in [5, 5.41) is 3.58. The van der Waals surface area contributed by atoms with E-state index in [1.165, 1.54) is 18.3 Å². The van der Waals surface area contributed by atoms with Crippen LogP contribution in [0.1, 0.15) is 38.9 Å². The molecule has 6 nitrogen and oxygen atoms in total. The second-order valence-electron chi connectivity index (χ2n) is 5.86. The molecule has 7 heteroatoms. The number of fused-ring (bicyclic) bond motifs is 1. The summed E-state index contributed by atoms with van der Waals surface area (Å²) >= 11 is 1.27. The van der Waals surface area contributed by atoms with Gasteiger partial charge >= 0.3 is 5.97 Å². The summed E-state index contributed by atoms with van der Waals surface area (Å²) in [6.07, 6.45) is -0.902. The molecule has 1 amide bonds. The van der Waals surface area contributed by atoms with Gasteiger partial charge in [0.15, 0.2) is 6.10 Å². The molecule has 0 aliphatic rings. The van der Waals surface area contributed by atoms with Crippen LogP contribution in [0.25, 0.3) is 10.9 Å². The molecule has 0 aliphatic heterocycles. The molecule has 3 aromatic rings. The average molecular weight is 370 g/mol. The Morgan fingerprint density at radius 3 is 2.69 bits per heavy atom. The number of rotatable bonds is 6. The lowest BCUT2D eigenvalue weighted by atomic mass is 10.2. The SMILES string of the molecule is CC(=O)NCc1ccc(C(=O)[C@H](C)OC(=O)c2cc3ccccc3[nH]2)s1. The van der Waals surface area contributed by atoms with E-state index < -0.39 is 12.1 Å². The van der Waals surface area contributed by atoms with Gasteiger partial charge in [-0.2, -0.15) is 0 Å². The molecule has 0 saturated carbocycles. The van der Waals surface area contributed by atoms with Crippen LogP contribution < -0.4 is 5.32 Å². The largest absolute Gasteiger partial charge is 0.450 e. The lowest BCUT2D eigenvalue weighted by molar-refractivity contribution is -0.119. The number of para-hydroxylation sites is 1. The molecule has 0 bridgehead atoms. The van der Waals surface area contributed by atoms with Gasteiger partial charge < -0.3 is 15.0 Å². The highest BCUT2D eigenvalue weighted by Crippen LogP contribution is 2.20. The van der Waals surface area contributed by atoms with Crippen molar-refractivity contribution in [3.8, 4) is 0 Å². The highest BCUT2D eigenvalue weighted by molar-refractivity contribution is 7.14. The van der Waals surface area contributed by atoms with E-state index in [2.05, 4.69) is 10.3 Å². The Kier molecular flexibility index (Phi) is 5.18. The van der Waals surface area contributed by atoms with E-state index in [0.29, 0.717) is 17.1 Å². The van der Waals surface area contributed by atoms with Gasteiger partial charge in [0.1, 0.15) is 5.69 Å². The lowest BCUT2D eigenvalue weighted by Crippen LogP contribution is -2.24. The van der Waals surface area contributed by atoms with Gasteiger partial charge in [0, 0.05) is 22.7 Å². The molecular weight excluding hydrogens is 352 g/mol. The summed E-state index contributed by atoms with van der Waals surface area (Å²) in [5.74, 6) is -0.975. The van der Waals surface area contributed by atoms with E-state index >= 15 is 0 Å². The van der Waals surface area contributed by atoms with E-state index in [4.69, 9.17) is 4.74 Å². The lowest BCUT2D eigenvalue weighted by Gasteiger charge is -2.10. The van der Waals surface area contributed by atoms with Crippen molar-refractivity contribution < 1.29 is 19.1 Å². The minimum Gasteiger partial charge on any atom is -0.450 e. The molecule has 2 heterocycles. The Bertz CT molecular complexity index is 940. The van der Waals surface area contributed by atoms with Crippen molar-refractivity contribution in [2.75, 3.05) is 0 Å². The van der Waals surface area contributed by atoms with Crippen LogP contribution in [0, 0.1) is 0 Å². The van der Waals surface area contributed by atoms with Crippen LogP contribution in [-0.4, -0.2) is 28.7 Å². The fourth-order valence-corrected chi connectivity index (χ4v) is 3.44. The molecule has 26 heavy (non-hydrogen) atoms. The Balaban J connectivity index is 1.65. The number of carbonyl (C=O) groups is 3. The molecule has 2 N–H and O–H groups in total. The number of hydrogen-bond donors (Lipinski definition) is 2. The number of benzene rings is 1. The first kappa shape index (κ1) is 17.9. The van der Waals surface area contributed by atoms with Gasteiger partial charge in [0.2, 0.25) is 11.7 Å². The van der Waals surface area contributed by atoms with Gasteiger partial charge in [0.25, 0.3) is 0 Å². The number of thiophene rings is 1. The van der Waals surface area contributed by atoms with Crippen LogP contribution in [-0.2, 0) is 16.1 Å². The van der Waals surface area contributed by atoms with E-state index in [1.54, 1.807) is 25.1 Å². The zero-order valence-electron chi connectivity index (χ0n) is 14.4. The monoisotopic (exact) mass is 370 g/mol. The molecule has 0 saturated heterocycles. The topological polar surface area (TPSA) is 88.3 Å². The van der Waals surface area contributed by atoms with Crippen molar-refractivity contribution in [3.05, 3.63) is 57.9 Å². The summed E-state index contributed by atoms with van der Waals surface area (Å²) in [6, 6.07) is 12.7. The average Bonchev–Trinajstić information content (AvgIpc) is 3.25. The zero-order valence-corrected chi connectivity index (χ0v) is 15.2. The molecule has 0 spiro atoms. The highest BCUT2D eigenvalue weighted by atomic mass is 32.1. The molecule has 2 aromatic heterocycles. The third kappa shape index (κ3) is 4.00. The molecule has 0 aliphatic carbocycles. The number of H-pyrrole nitrogens is 1.